The molecule has 0 atom stereocenters. The fourth-order valence-corrected chi connectivity index (χ4v) is 2.13. The van der Waals surface area contributed by atoms with Gasteiger partial charge in [-0.15, -0.1) is 0 Å². The highest BCUT2D eigenvalue weighted by Gasteiger charge is 2.17. The maximum Gasteiger partial charge on any atom is 0.307 e. The van der Waals surface area contributed by atoms with Crippen LogP contribution in [-0.2, 0) is 14.3 Å². The molecule has 6 heteroatoms. The van der Waals surface area contributed by atoms with Gasteiger partial charge in [0, 0.05) is 25.3 Å². The Morgan fingerprint density at radius 2 is 1.75 bits per heavy atom. The van der Waals surface area contributed by atoms with Crippen LogP contribution in [0.5, 0.6) is 5.75 Å². The first kappa shape index (κ1) is 20.0. The number of benzene rings is 1. The van der Waals surface area contributed by atoms with Crippen LogP contribution in [0.2, 0.25) is 0 Å². The molecule has 134 valence electrons. The van der Waals surface area contributed by atoms with Crippen molar-refractivity contribution in [1.29, 1.82) is 0 Å². The number of hydrogen-bond donors (Lipinski definition) is 0. The van der Waals surface area contributed by atoms with E-state index in [1.165, 1.54) is 7.11 Å². The average molecular weight is 337 g/mol. The molecule has 0 unspecified atom stereocenters. The van der Waals surface area contributed by atoms with E-state index in [1.54, 1.807) is 36.3 Å². The fraction of sp³-hybridized carbons (Fsp3) is 0.556. The van der Waals surface area contributed by atoms with Gasteiger partial charge in [0.25, 0.3) is 5.91 Å². The molecular weight excluding hydrogens is 310 g/mol. The summed E-state index contributed by atoms with van der Waals surface area (Å²) in [6.07, 6.45) is 1.04. The van der Waals surface area contributed by atoms with Crippen molar-refractivity contribution in [2.45, 2.75) is 32.8 Å². The molecule has 1 aromatic rings. The molecule has 1 aromatic carbocycles. The third-order valence-electron chi connectivity index (χ3n) is 3.46. The largest absolute Gasteiger partial charge is 0.497 e. The highest BCUT2D eigenvalue weighted by atomic mass is 16.5. The standard InChI is InChI=1S/C18H27NO5/c1-14(2)24-13-5-11-19(12-10-17(20)23-4)18(21)15-6-8-16(22-3)9-7-15/h6-9,14H,5,10-13H2,1-4H3. The molecule has 24 heavy (non-hydrogen) atoms. The number of rotatable bonds is 10. The Hall–Kier alpha value is -2.08. The number of ether oxygens (including phenoxy) is 3. The van der Waals surface area contributed by atoms with Crippen molar-refractivity contribution in [2.24, 2.45) is 0 Å². The van der Waals surface area contributed by atoms with Crippen LogP contribution in [0.4, 0.5) is 0 Å². The number of hydrogen-bond acceptors (Lipinski definition) is 5. The van der Waals surface area contributed by atoms with E-state index in [0.717, 1.165) is 0 Å². The number of carbonyl (C=O) groups is 2. The average Bonchev–Trinajstić information content (AvgIpc) is 2.60. The molecule has 1 rings (SSSR count). The maximum atomic E-state index is 12.7. The molecule has 0 aliphatic heterocycles. The van der Waals surface area contributed by atoms with E-state index in [4.69, 9.17) is 9.47 Å². The molecule has 0 heterocycles. The third kappa shape index (κ3) is 7.00. The summed E-state index contributed by atoms with van der Waals surface area (Å²) in [5.41, 5.74) is 0.561. The summed E-state index contributed by atoms with van der Waals surface area (Å²) < 4.78 is 15.3. The molecule has 0 aromatic heterocycles. The van der Waals surface area contributed by atoms with Crippen LogP contribution in [0, 0.1) is 0 Å². The van der Waals surface area contributed by atoms with Gasteiger partial charge in [0.05, 0.1) is 26.7 Å². The number of esters is 1. The van der Waals surface area contributed by atoms with Crippen LogP contribution < -0.4 is 4.74 Å². The van der Waals surface area contributed by atoms with E-state index in [9.17, 15) is 9.59 Å². The molecule has 0 N–H and O–H groups in total. The lowest BCUT2D eigenvalue weighted by Gasteiger charge is -2.22. The van der Waals surface area contributed by atoms with Crippen molar-refractivity contribution >= 4 is 11.9 Å². The van der Waals surface area contributed by atoms with Gasteiger partial charge in [-0.3, -0.25) is 9.59 Å². The van der Waals surface area contributed by atoms with Crippen molar-refractivity contribution in [3.63, 3.8) is 0 Å². The second-order valence-corrected chi connectivity index (χ2v) is 5.62. The van der Waals surface area contributed by atoms with E-state index in [0.29, 0.717) is 37.4 Å². The Kier molecular flexibility index (Phi) is 8.86. The second-order valence-electron chi connectivity index (χ2n) is 5.62. The lowest BCUT2D eigenvalue weighted by atomic mass is 10.1. The Morgan fingerprint density at radius 1 is 1.08 bits per heavy atom. The zero-order valence-corrected chi connectivity index (χ0v) is 14.9. The van der Waals surface area contributed by atoms with Crippen LogP contribution >= 0.6 is 0 Å². The second kappa shape index (κ2) is 10.6. The van der Waals surface area contributed by atoms with Crippen molar-refractivity contribution in [1.82, 2.24) is 4.90 Å². The minimum atomic E-state index is -0.332. The van der Waals surface area contributed by atoms with Crippen LogP contribution in [-0.4, -0.2) is 56.8 Å². The normalized spacial score (nSPS) is 10.5. The number of nitrogens with zero attached hydrogens (tertiary/aromatic N) is 1. The minimum absolute atomic E-state index is 0.119. The molecule has 0 saturated carbocycles. The molecule has 0 aliphatic carbocycles. The van der Waals surface area contributed by atoms with Gasteiger partial charge in [0.1, 0.15) is 5.75 Å². The van der Waals surface area contributed by atoms with Gasteiger partial charge in [-0.25, -0.2) is 0 Å². The zero-order valence-electron chi connectivity index (χ0n) is 14.9. The molecule has 0 radical (unpaired) electrons. The summed E-state index contributed by atoms with van der Waals surface area (Å²) in [6.45, 7) is 5.35. The number of methoxy groups -OCH3 is 2. The topological polar surface area (TPSA) is 65.1 Å². The third-order valence-corrected chi connectivity index (χ3v) is 3.46. The molecule has 6 nitrogen and oxygen atoms in total. The lowest BCUT2D eigenvalue weighted by Crippen LogP contribution is -2.34. The number of carbonyl (C=O) groups excluding carboxylic acids is 2. The lowest BCUT2D eigenvalue weighted by molar-refractivity contribution is -0.140. The van der Waals surface area contributed by atoms with Crippen LogP contribution in [0.25, 0.3) is 0 Å². The van der Waals surface area contributed by atoms with E-state index >= 15 is 0 Å². The quantitative estimate of drug-likeness (QED) is 0.485. The Labute approximate surface area is 143 Å². The van der Waals surface area contributed by atoms with Gasteiger partial charge < -0.3 is 19.1 Å². The summed E-state index contributed by atoms with van der Waals surface area (Å²) in [5, 5.41) is 0. The van der Waals surface area contributed by atoms with Crippen LogP contribution in [0.3, 0.4) is 0 Å². The van der Waals surface area contributed by atoms with E-state index in [2.05, 4.69) is 4.74 Å². The van der Waals surface area contributed by atoms with Crippen molar-refractivity contribution in [3.8, 4) is 5.75 Å². The monoisotopic (exact) mass is 337 g/mol. The van der Waals surface area contributed by atoms with Crippen molar-refractivity contribution < 1.29 is 23.8 Å². The van der Waals surface area contributed by atoms with Crippen molar-refractivity contribution in [2.75, 3.05) is 33.9 Å². The molecule has 0 spiro atoms. The van der Waals surface area contributed by atoms with E-state index in [-0.39, 0.29) is 24.4 Å². The van der Waals surface area contributed by atoms with Gasteiger partial charge in [0.2, 0.25) is 0 Å². The molecule has 0 bridgehead atoms. The van der Waals surface area contributed by atoms with Gasteiger partial charge >= 0.3 is 5.97 Å². The summed E-state index contributed by atoms with van der Waals surface area (Å²) in [6, 6.07) is 6.93. The van der Waals surface area contributed by atoms with E-state index in [1.807, 2.05) is 13.8 Å². The maximum absolute atomic E-state index is 12.7. The summed E-state index contributed by atoms with van der Waals surface area (Å²) >= 11 is 0. The van der Waals surface area contributed by atoms with Gasteiger partial charge in [-0.2, -0.15) is 0 Å². The van der Waals surface area contributed by atoms with Crippen LogP contribution in [0.1, 0.15) is 37.0 Å². The van der Waals surface area contributed by atoms with Gasteiger partial charge in [-0.05, 0) is 44.5 Å². The Bertz CT molecular complexity index is 513. The Balaban J connectivity index is 2.69. The molecular formula is C18H27NO5. The molecule has 0 saturated heterocycles. The van der Waals surface area contributed by atoms with E-state index < -0.39 is 0 Å². The molecule has 0 fully saturated rings. The minimum Gasteiger partial charge on any atom is -0.497 e. The first-order valence-corrected chi connectivity index (χ1v) is 8.09. The summed E-state index contributed by atoms with van der Waals surface area (Å²) in [7, 11) is 2.92. The molecule has 0 aliphatic rings. The first-order valence-electron chi connectivity index (χ1n) is 8.09. The van der Waals surface area contributed by atoms with Crippen LogP contribution in [0.15, 0.2) is 24.3 Å². The summed E-state index contributed by atoms with van der Waals surface area (Å²) in [4.78, 5) is 25.7. The summed E-state index contributed by atoms with van der Waals surface area (Å²) in [5.74, 6) is 0.241. The smallest absolute Gasteiger partial charge is 0.307 e. The highest BCUT2D eigenvalue weighted by molar-refractivity contribution is 5.94. The zero-order chi connectivity index (χ0) is 17.9. The molecule has 1 amide bonds. The van der Waals surface area contributed by atoms with Crippen molar-refractivity contribution in [3.05, 3.63) is 29.8 Å². The predicted octanol–water partition coefficient (Wildman–Crippen LogP) is 2.52. The SMILES string of the molecule is COC(=O)CCN(CCCOC(C)C)C(=O)c1ccc(OC)cc1. The number of amides is 1. The van der Waals surface area contributed by atoms with Gasteiger partial charge in [-0.1, -0.05) is 0 Å². The Morgan fingerprint density at radius 3 is 2.29 bits per heavy atom. The fourth-order valence-electron chi connectivity index (χ4n) is 2.13. The van der Waals surface area contributed by atoms with Gasteiger partial charge in [0.15, 0.2) is 0 Å². The first-order chi connectivity index (χ1) is 11.5. The predicted molar refractivity (Wildman–Crippen MR) is 91.2 cm³/mol. The highest BCUT2D eigenvalue weighted by Crippen LogP contribution is 2.14.